The lowest BCUT2D eigenvalue weighted by Crippen LogP contribution is -2.52. The molecule has 56 heavy (non-hydrogen) atoms. The number of halogens is 4. The van der Waals surface area contributed by atoms with Crippen LogP contribution in [0.1, 0.15) is 106 Å². The maximum Gasteiger partial charge on any atom is 0.435 e. The van der Waals surface area contributed by atoms with Crippen molar-refractivity contribution in [2.24, 2.45) is 5.92 Å². The van der Waals surface area contributed by atoms with Crippen molar-refractivity contribution in [3.05, 3.63) is 101 Å². The van der Waals surface area contributed by atoms with Crippen LogP contribution in [0, 0.1) is 17.1 Å². The van der Waals surface area contributed by atoms with Crippen molar-refractivity contribution in [1.82, 2.24) is 19.5 Å². The average Bonchev–Trinajstić information content (AvgIpc) is 3.88. The highest BCUT2D eigenvalue weighted by atomic mass is 32.2. The number of nitrogens with zero attached hydrogens (tertiary/aromatic N) is 4. The fourth-order valence-electron chi connectivity index (χ4n) is 6.09. The number of pyridine rings is 1. The number of carbonyl (C=O) groups is 2. The molecule has 4 aromatic rings. The molecule has 1 saturated carbocycles. The summed E-state index contributed by atoms with van der Waals surface area (Å²) in [6.45, 7) is 7.62. The maximum atomic E-state index is 15.7. The number of unbranched alkanes of at least 4 members (excludes halogenated alkanes) is 3. The quantitative estimate of drug-likeness (QED) is 0.0317. The number of hydrogen-bond donors (Lipinski definition) is 3. The summed E-state index contributed by atoms with van der Waals surface area (Å²) in [4.78, 5) is 31.9. The Bertz CT molecular complexity index is 1990. The molecule has 2 aromatic carbocycles. The highest BCUT2D eigenvalue weighted by Gasteiger charge is 2.44. The van der Waals surface area contributed by atoms with Crippen LogP contribution in [0.2, 0.25) is 0 Å². The molecule has 0 spiro atoms. The van der Waals surface area contributed by atoms with Gasteiger partial charge >= 0.3 is 12.3 Å². The third-order valence-electron chi connectivity index (χ3n) is 9.44. The van der Waals surface area contributed by atoms with Crippen LogP contribution in [0.5, 0.6) is 0 Å². The number of rotatable bonds is 17. The number of carbonyl (C=O) groups excluding carboxylic acids is 2. The first-order valence-corrected chi connectivity index (χ1v) is 19.7. The molecule has 1 aliphatic carbocycles. The van der Waals surface area contributed by atoms with E-state index in [9.17, 15) is 27.3 Å². The molecule has 2 unspecified atom stereocenters. The van der Waals surface area contributed by atoms with Crippen molar-refractivity contribution >= 4 is 41.1 Å². The van der Waals surface area contributed by atoms with Gasteiger partial charge in [0.2, 0.25) is 0 Å². The predicted octanol–water partition coefficient (Wildman–Crippen LogP) is 9.29. The van der Waals surface area contributed by atoms with Gasteiger partial charge in [-0.3, -0.25) is 15.2 Å². The molecule has 300 valence electrons. The van der Waals surface area contributed by atoms with Crippen LogP contribution in [0.25, 0.3) is 5.69 Å². The van der Waals surface area contributed by atoms with E-state index in [4.69, 9.17) is 10.1 Å². The first-order chi connectivity index (χ1) is 26.6. The van der Waals surface area contributed by atoms with Crippen LogP contribution in [-0.4, -0.2) is 49.0 Å². The van der Waals surface area contributed by atoms with Crippen LogP contribution in [-0.2, 0) is 27.8 Å². The molecule has 5 rings (SSSR count). The number of nitrogens with one attached hydrogen (secondary N) is 3. The highest BCUT2D eigenvalue weighted by Crippen LogP contribution is 2.43. The van der Waals surface area contributed by atoms with E-state index in [1.54, 1.807) is 18.5 Å². The molecule has 1 aliphatic rings. The Balaban J connectivity index is 1.52. The van der Waals surface area contributed by atoms with Gasteiger partial charge < -0.3 is 14.6 Å². The molecule has 16 heteroatoms. The zero-order valence-electron chi connectivity index (χ0n) is 31.8. The monoisotopic (exact) mass is 797 g/mol. The Morgan fingerprint density at radius 3 is 2.46 bits per heavy atom. The molecule has 0 radical (unpaired) electrons. The molecule has 2 amide bonds. The molecule has 0 saturated heterocycles. The Labute approximate surface area is 327 Å². The molecule has 0 bridgehead atoms. The van der Waals surface area contributed by atoms with Crippen molar-refractivity contribution in [3.8, 4) is 5.69 Å². The van der Waals surface area contributed by atoms with Crippen LogP contribution in [0.4, 0.5) is 33.7 Å². The normalized spacial score (nSPS) is 14.8. The second-order valence-electron chi connectivity index (χ2n) is 14.8. The lowest BCUT2D eigenvalue weighted by Gasteiger charge is -2.38. The summed E-state index contributed by atoms with van der Waals surface area (Å²) in [5, 5.41) is 14.0. The van der Waals surface area contributed by atoms with Gasteiger partial charge in [-0.15, -0.1) is 4.72 Å². The van der Waals surface area contributed by atoms with E-state index in [0.717, 1.165) is 54.2 Å². The summed E-state index contributed by atoms with van der Waals surface area (Å²) in [5.74, 6) is -1.51. The molecule has 2 atom stereocenters. The molecular formula is C40H47F4N7O4S. The van der Waals surface area contributed by atoms with Gasteiger partial charge in [0.25, 0.3) is 5.91 Å². The van der Waals surface area contributed by atoms with E-state index in [2.05, 4.69) is 20.1 Å². The van der Waals surface area contributed by atoms with E-state index in [1.807, 2.05) is 33.8 Å². The fraction of sp³-hybridized carbons (Fsp3) is 0.425. The fourth-order valence-corrected chi connectivity index (χ4v) is 7.05. The summed E-state index contributed by atoms with van der Waals surface area (Å²) >= 11 is -1.62. The maximum absolute atomic E-state index is 15.7. The van der Waals surface area contributed by atoms with Crippen LogP contribution in [0.3, 0.4) is 0 Å². The van der Waals surface area contributed by atoms with Crippen LogP contribution >= 0.6 is 0 Å². The van der Waals surface area contributed by atoms with Gasteiger partial charge in [0.05, 0.1) is 30.0 Å². The largest absolute Gasteiger partial charge is 0.598 e. The predicted molar refractivity (Wildman–Crippen MR) is 208 cm³/mol. The zero-order valence-corrected chi connectivity index (χ0v) is 32.6. The number of hydrogen-bond acceptors (Lipinski definition) is 8. The van der Waals surface area contributed by atoms with E-state index in [-0.39, 0.29) is 23.7 Å². The van der Waals surface area contributed by atoms with Crippen molar-refractivity contribution < 1.29 is 36.4 Å². The molecular weight excluding hydrogens is 751 g/mol. The summed E-state index contributed by atoms with van der Waals surface area (Å²) < 4.78 is 80.3. The topological polar surface area (TPSA) is 148 Å². The van der Waals surface area contributed by atoms with E-state index < -0.39 is 57.0 Å². The van der Waals surface area contributed by atoms with Gasteiger partial charge in [-0.2, -0.15) is 18.3 Å². The first-order valence-electron chi connectivity index (χ1n) is 18.5. The second-order valence-corrected chi connectivity index (χ2v) is 16.7. The third-order valence-corrected chi connectivity index (χ3v) is 11.1. The Kier molecular flexibility index (Phi) is 13.6. The number of aromatic nitrogens is 3. The molecule has 1 fully saturated rings. The molecule has 2 heterocycles. The van der Waals surface area contributed by atoms with Gasteiger partial charge in [-0.05, 0) is 93.5 Å². The Morgan fingerprint density at radius 2 is 1.82 bits per heavy atom. The second kappa shape index (κ2) is 18.0. The zero-order chi connectivity index (χ0) is 40.7. The third kappa shape index (κ3) is 10.3. The standard InChI is InChI=1S/C40H47F4N7O4S/c1-5-6-7-8-21-55-37(53)50(26-45)30-12-9-13-31(23-30)51-34(24-35(48-51)40(42,43)44)36(52)47-33-22-28(16-17-32(33)41)39(19-18-27-14-15-27,29-11-10-20-46-25-29)49-56(54)38(2,3)4/h9-13,16-17,20,22-27,45,49H,5-8,14-15,18-19,21H2,1-4H3,(H,47,52). The van der Waals surface area contributed by atoms with Gasteiger partial charge in [-0.25, -0.2) is 18.8 Å². The minimum atomic E-state index is -4.95. The Morgan fingerprint density at radius 1 is 1.05 bits per heavy atom. The number of amides is 2. The van der Waals surface area contributed by atoms with Crippen molar-refractivity contribution in [1.29, 1.82) is 5.41 Å². The van der Waals surface area contributed by atoms with E-state index >= 15 is 4.39 Å². The SMILES string of the molecule is CCCCCCOC(=O)N(C=N)c1cccc(-n2nc(C(F)(F)F)cc2C(=O)Nc2cc(C(CCC3CC3)(N[S+]([O-])C(C)(C)C)c3cccnc3)ccc2F)c1. The summed E-state index contributed by atoms with van der Waals surface area (Å²) in [6, 6.07) is 13.7. The van der Waals surface area contributed by atoms with Gasteiger partial charge in [0, 0.05) is 29.8 Å². The van der Waals surface area contributed by atoms with Crippen LogP contribution < -0.4 is 14.9 Å². The number of benzene rings is 2. The molecule has 3 N–H and O–H groups in total. The molecule has 11 nitrogen and oxygen atoms in total. The minimum absolute atomic E-state index is 0.0514. The lowest BCUT2D eigenvalue weighted by atomic mass is 9.80. The van der Waals surface area contributed by atoms with E-state index in [1.165, 1.54) is 36.4 Å². The Hall–Kier alpha value is -4.80. The van der Waals surface area contributed by atoms with E-state index in [0.29, 0.717) is 42.3 Å². The van der Waals surface area contributed by atoms with Crippen molar-refractivity contribution in [2.45, 2.75) is 95.5 Å². The van der Waals surface area contributed by atoms with Gasteiger partial charge in [0.15, 0.2) is 5.69 Å². The number of ether oxygens (including phenoxy) is 1. The highest BCUT2D eigenvalue weighted by molar-refractivity contribution is 7.90. The summed E-state index contributed by atoms with van der Waals surface area (Å²) in [7, 11) is 0. The lowest BCUT2D eigenvalue weighted by molar-refractivity contribution is -0.141. The van der Waals surface area contributed by atoms with Gasteiger partial charge in [-0.1, -0.05) is 57.2 Å². The van der Waals surface area contributed by atoms with Gasteiger partial charge in [0.1, 0.15) is 21.8 Å². The number of alkyl halides is 3. The summed E-state index contributed by atoms with van der Waals surface area (Å²) in [6.07, 6.45) is 4.89. The smallest absolute Gasteiger partial charge is 0.435 e. The number of anilines is 2. The minimum Gasteiger partial charge on any atom is -0.598 e. The molecule has 0 aliphatic heterocycles. The van der Waals surface area contributed by atoms with Crippen molar-refractivity contribution in [3.63, 3.8) is 0 Å². The average molecular weight is 798 g/mol. The first kappa shape index (κ1) is 42.3. The summed E-state index contributed by atoms with van der Waals surface area (Å²) in [5.41, 5.74) is -2.31. The molecule has 2 aromatic heterocycles. The van der Waals surface area contributed by atoms with Crippen LogP contribution in [0.15, 0.2) is 73.1 Å². The van der Waals surface area contributed by atoms with Crippen molar-refractivity contribution in [2.75, 3.05) is 16.8 Å².